The highest BCUT2D eigenvalue weighted by Crippen LogP contribution is 2.27. The molecule has 0 aliphatic heterocycles. The van der Waals surface area contributed by atoms with Crippen molar-refractivity contribution >= 4 is 15.9 Å². The summed E-state index contributed by atoms with van der Waals surface area (Å²) in [4.78, 5) is 0. The van der Waals surface area contributed by atoms with Crippen molar-refractivity contribution in [2.75, 3.05) is 0 Å². The predicted octanol–water partition coefficient (Wildman–Crippen LogP) is 1.51. The van der Waals surface area contributed by atoms with Crippen molar-refractivity contribution in [1.82, 2.24) is 0 Å². The molecule has 5 heteroatoms. The molecule has 0 radical (unpaired) electrons. The number of aliphatic hydroxyl groups is 2. The fraction of sp³-hybridized carbons (Fsp3) is 0.222. The van der Waals surface area contributed by atoms with Gasteiger partial charge in [0.1, 0.15) is 11.9 Å². The summed E-state index contributed by atoms with van der Waals surface area (Å²) < 4.78 is 13.0. The molecule has 2 unspecified atom stereocenters. The van der Waals surface area contributed by atoms with Crippen LogP contribution in [0.4, 0.5) is 4.39 Å². The highest BCUT2D eigenvalue weighted by molar-refractivity contribution is 9.10. The van der Waals surface area contributed by atoms with Gasteiger partial charge in [0.15, 0.2) is 6.10 Å². The van der Waals surface area contributed by atoms with Crippen LogP contribution in [0.25, 0.3) is 0 Å². The number of hydrogen-bond donors (Lipinski definition) is 2. The van der Waals surface area contributed by atoms with Gasteiger partial charge in [-0.3, -0.25) is 0 Å². The van der Waals surface area contributed by atoms with Crippen LogP contribution in [0, 0.1) is 17.1 Å². The van der Waals surface area contributed by atoms with E-state index in [2.05, 4.69) is 15.9 Å². The average Bonchev–Trinajstić information content (AvgIpc) is 2.20. The van der Waals surface area contributed by atoms with Crippen LogP contribution in [0.1, 0.15) is 11.7 Å². The number of hydrogen-bond acceptors (Lipinski definition) is 3. The first-order valence-electron chi connectivity index (χ1n) is 3.77. The molecule has 0 bridgehead atoms. The Bertz CT molecular complexity index is 378. The second-order valence-corrected chi connectivity index (χ2v) is 3.45. The van der Waals surface area contributed by atoms with Gasteiger partial charge in [-0.1, -0.05) is 12.1 Å². The topological polar surface area (TPSA) is 64.2 Å². The Hall–Kier alpha value is -0.960. The molecule has 74 valence electrons. The fourth-order valence-corrected chi connectivity index (χ4v) is 1.49. The van der Waals surface area contributed by atoms with Gasteiger partial charge in [0.25, 0.3) is 0 Å². The lowest BCUT2D eigenvalue weighted by Gasteiger charge is -2.13. The predicted molar refractivity (Wildman–Crippen MR) is 50.7 cm³/mol. The summed E-state index contributed by atoms with van der Waals surface area (Å²) in [5.41, 5.74) is 0.152. The summed E-state index contributed by atoms with van der Waals surface area (Å²) in [5.74, 6) is -0.549. The van der Waals surface area contributed by atoms with E-state index in [9.17, 15) is 9.50 Å². The minimum absolute atomic E-state index is 0.0572. The second kappa shape index (κ2) is 4.51. The number of nitrogens with zero attached hydrogens (tertiary/aromatic N) is 1. The highest BCUT2D eigenvalue weighted by atomic mass is 79.9. The first-order chi connectivity index (χ1) is 6.57. The van der Waals surface area contributed by atoms with Crippen molar-refractivity contribution in [1.29, 1.82) is 5.26 Å². The summed E-state index contributed by atoms with van der Waals surface area (Å²) in [6.45, 7) is 0. The SMILES string of the molecule is N#CC(O)C(O)c1cccc(F)c1Br. The van der Waals surface area contributed by atoms with E-state index >= 15 is 0 Å². The minimum Gasteiger partial charge on any atom is -0.385 e. The van der Waals surface area contributed by atoms with Crippen LogP contribution < -0.4 is 0 Å². The minimum atomic E-state index is -1.56. The molecule has 0 saturated carbocycles. The molecule has 2 atom stereocenters. The molecule has 2 N–H and O–H groups in total. The zero-order chi connectivity index (χ0) is 10.7. The lowest BCUT2D eigenvalue weighted by atomic mass is 10.1. The highest BCUT2D eigenvalue weighted by Gasteiger charge is 2.21. The molecular formula is C9H7BrFNO2. The number of benzene rings is 1. The number of halogens is 2. The van der Waals surface area contributed by atoms with Crippen molar-refractivity contribution in [2.24, 2.45) is 0 Å². The van der Waals surface area contributed by atoms with Crippen LogP contribution in [0.15, 0.2) is 22.7 Å². The van der Waals surface area contributed by atoms with Crippen LogP contribution in [-0.4, -0.2) is 16.3 Å². The van der Waals surface area contributed by atoms with Crippen molar-refractivity contribution in [2.45, 2.75) is 12.2 Å². The van der Waals surface area contributed by atoms with Crippen LogP contribution in [-0.2, 0) is 0 Å². The number of aliphatic hydroxyl groups excluding tert-OH is 2. The molecule has 0 fully saturated rings. The molecule has 0 amide bonds. The number of nitriles is 1. The van der Waals surface area contributed by atoms with E-state index < -0.39 is 18.0 Å². The first kappa shape index (κ1) is 11.1. The van der Waals surface area contributed by atoms with Crippen molar-refractivity contribution < 1.29 is 14.6 Å². The van der Waals surface area contributed by atoms with E-state index in [0.717, 1.165) is 0 Å². The standard InChI is InChI=1S/C9H7BrFNO2/c10-8-5(2-1-3-6(8)11)9(14)7(13)4-12/h1-3,7,9,13-14H. The molecule has 3 nitrogen and oxygen atoms in total. The second-order valence-electron chi connectivity index (χ2n) is 2.66. The molecule has 1 rings (SSSR count). The Morgan fingerprint density at radius 3 is 2.64 bits per heavy atom. The molecule has 0 saturated heterocycles. The monoisotopic (exact) mass is 259 g/mol. The molecule has 0 aliphatic carbocycles. The van der Waals surface area contributed by atoms with E-state index in [0.29, 0.717) is 0 Å². The van der Waals surface area contributed by atoms with Gasteiger partial charge in [0.2, 0.25) is 0 Å². The van der Waals surface area contributed by atoms with Gasteiger partial charge >= 0.3 is 0 Å². The summed E-state index contributed by atoms with van der Waals surface area (Å²) in [7, 11) is 0. The van der Waals surface area contributed by atoms with Crippen LogP contribution in [0.5, 0.6) is 0 Å². The van der Waals surface area contributed by atoms with E-state index in [-0.39, 0.29) is 10.0 Å². The van der Waals surface area contributed by atoms with Crippen molar-refractivity contribution in [3.63, 3.8) is 0 Å². The quantitative estimate of drug-likeness (QED) is 0.792. The lowest BCUT2D eigenvalue weighted by molar-refractivity contribution is 0.0521. The van der Waals surface area contributed by atoms with Gasteiger partial charge in [-0.25, -0.2) is 4.39 Å². The van der Waals surface area contributed by atoms with Gasteiger partial charge < -0.3 is 10.2 Å². The molecule has 1 aromatic carbocycles. The lowest BCUT2D eigenvalue weighted by Crippen LogP contribution is -2.16. The third kappa shape index (κ3) is 2.10. The Morgan fingerprint density at radius 2 is 2.07 bits per heavy atom. The molecule has 14 heavy (non-hydrogen) atoms. The van der Waals surface area contributed by atoms with Gasteiger partial charge in [0, 0.05) is 5.56 Å². The summed E-state index contributed by atoms with van der Waals surface area (Å²) in [5, 5.41) is 26.8. The molecule has 0 aliphatic rings. The van der Waals surface area contributed by atoms with Crippen molar-refractivity contribution in [3.8, 4) is 6.07 Å². The molecule has 0 spiro atoms. The largest absolute Gasteiger partial charge is 0.385 e. The fourth-order valence-electron chi connectivity index (χ4n) is 0.990. The smallest absolute Gasteiger partial charge is 0.170 e. The van der Waals surface area contributed by atoms with Crippen LogP contribution in [0.2, 0.25) is 0 Å². The molecular weight excluding hydrogens is 253 g/mol. The summed E-state index contributed by atoms with van der Waals surface area (Å²) in [6, 6.07) is 5.50. The third-order valence-corrected chi connectivity index (χ3v) is 2.57. The van der Waals surface area contributed by atoms with E-state index in [4.69, 9.17) is 10.4 Å². The first-order valence-corrected chi connectivity index (χ1v) is 4.57. The maximum absolute atomic E-state index is 13.0. The maximum atomic E-state index is 13.0. The van der Waals surface area contributed by atoms with Gasteiger partial charge in [0.05, 0.1) is 10.5 Å². The Balaban J connectivity index is 3.08. The van der Waals surface area contributed by atoms with Gasteiger partial charge in [-0.15, -0.1) is 0 Å². The van der Waals surface area contributed by atoms with Crippen LogP contribution >= 0.6 is 15.9 Å². The normalized spacial score (nSPS) is 14.5. The zero-order valence-electron chi connectivity index (χ0n) is 6.98. The molecule has 0 heterocycles. The van der Waals surface area contributed by atoms with Gasteiger partial charge in [-0.2, -0.15) is 5.26 Å². The third-order valence-electron chi connectivity index (χ3n) is 1.73. The molecule has 1 aromatic rings. The van der Waals surface area contributed by atoms with Crippen LogP contribution in [0.3, 0.4) is 0 Å². The maximum Gasteiger partial charge on any atom is 0.170 e. The average molecular weight is 260 g/mol. The molecule has 0 aromatic heterocycles. The van der Waals surface area contributed by atoms with E-state index in [1.807, 2.05) is 0 Å². The van der Waals surface area contributed by atoms with E-state index in [1.165, 1.54) is 24.3 Å². The Morgan fingerprint density at radius 1 is 1.43 bits per heavy atom. The van der Waals surface area contributed by atoms with Gasteiger partial charge in [-0.05, 0) is 22.0 Å². The summed E-state index contributed by atoms with van der Waals surface area (Å²) in [6.07, 6.45) is -2.97. The number of rotatable bonds is 2. The zero-order valence-corrected chi connectivity index (χ0v) is 8.57. The Labute approximate surface area is 88.5 Å². The van der Waals surface area contributed by atoms with E-state index in [1.54, 1.807) is 0 Å². The van der Waals surface area contributed by atoms with Crippen molar-refractivity contribution in [3.05, 3.63) is 34.1 Å². The Kier molecular flexibility index (Phi) is 3.58. The summed E-state index contributed by atoms with van der Waals surface area (Å²) >= 11 is 2.92.